The summed E-state index contributed by atoms with van der Waals surface area (Å²) in [7, 11) is 1.49. The van der Waals surface area contributed by atoms with E-state index in [0.717, 1.165) is 0 Å². The molecule has 0 spiro atoms. The van der Waals surface area contributed by atoms with Crippen molar-refractivity contribution in [3.05, 3.63) is 71.3 Å². The van der Waals surface area contributed by atoms with Gasteiger partial charge < -0.3 is 14.6 Å². The number of para-hydroxylation sites is 1. The zero-order valence-corrected chi connectivity index (χ0v) is 14.4. The number of carbonyl (C=O) groups excluding carboxylic acids is 2. The van der Waals surface area contributed by atoms with Gasteiger partial charge in [-0.15, -0.1) is 0 Å². The van der Waals surface area contributed by atoms with E-state index in [1.807, 2.05) is 0 Å². The maximum absolute atomic E-state index is 12.1. The summed E-state index contributed by atoms with van der Waals surface area (Å²) in [6.07, 6.45) is 2.78. The van der Waals surface area contributed by atoms with Crippen LogP contribution in [0.15, 0.2) is 54.6 Å². The smallest absolute Gasteiger partial charge is 0.545 e. The SMILES string of the molecule is C.COc1ccccc1C(=O)/C=C/c1ccccc1C(=O)[O-].[Na+]. The number of carbonyl (C=O) groups is 2. The molecule has 2 aromatic rings. The van der Waals surface area contributed by atoms with Gasteiger partial charge in [0.1, 0.15) is 5.75 Å². The zero-order valence-electron chi connectivity index (χ0n) is 12.4. The Bertz CT molecular complexity index is 708. The first-order chi connectivity index (χ1) is 10.1. The minimum atomic E-state index is -1.28. The Morgan fingerprint density at radius 1 is 1.00 bits per heavy atom. The molecule has 0 aromatic heterocycles. The molecule has 0 unspecified atom stereocenters. The molecular formula is C18H17NaO4. The Labute approximate surface area is 158 Å². The summed E-state index contributed by atoms with van der Waals surface area (Å²) in [5.74, 6) is -1.07. The molecule has 2 aromatic carbocycles. The Kier molecular flexibility index (Phi) is 9.18. The molecule has 0 aliphatic heterocycles. The first kappa shape index (κ1) is 21.1. The van der Waals surface area contributed by atoms with E-state index in [1.165, 1.54) is 25.3 Å². The van der Waals surface area contributed by atoms with Crippen LogP contribution in [0.25, 0.3) is 6.08 Å². The van der Waals surface area contributed by atoms with Gasteiger partial charge in [-0.05, 0) is 23.8 Å². The van der Waals surface area contributed by atoms with Gasteiger partial charge in [0.05, 0.1) is 18.6 Å². The first-order valence-electron chi connectivity index (χ1n) is 6.29. The molecule has 23 heavy (non-hydrogen) atoms. The molecular weight excluding hydrogens is 303 g/mol. The number of rotatable bonds is 5. The molecule has 0 fully saturated rings. The van der Waals surface area contributed by atoms with Crippen LogP contribution >= 0.6 is 0 Å². The third-order valence-electron chi connectivity index (χ3n) is 2.97. The fourth-order valence-electron chi connectivity index (χ4n) is 1.93. The molecule has 0 heterocycles. The second-order valence-electron chi connectivity index (χ2n) is 4.27. The summed E-state index contributed by atoms with van der Waals surface area (Å²) in [5.41, 5.74) is 0.879. The molecule has 0 atom stereocenters. The fourth-order valence-corrected chi connectivity index (χ4v) is 1.93. The third-order valence-corrected chi connectivity index (χ3v) is 2.97. The van der Waals surface area contributed by atoms with Gasteiger partial charge >= 0.3 is 29.6 Å². The number of aromatic carboxylic acids is 1. The number of hydrogen-bond acceptors (Lipinski definition) is 4. The topological polar surface area (TPSA) is 66.4 Å². The van der Waals surface area contributed by atoms with E-state index in [1.54, 1.807) is 42.5 Å². The van der Waals surface area contributed by atoms with Crippen LogP contribution in [0.2, 0.25) is 0 Å². The number of allylic oxidation sites excluding steroid dienone is 1. The van der Waals surface area contributed by atoms with Crippen molar-refractivity contribution in [2.45, 2.75) is 7.43 Å². The summed E-state index contributed by atoms with van der Waals surface area (Å²) >= 11 is 0. The van der Waals surface area contributed by atoms with Gasteiger partial charge in [0.15, 0.2) is 5.78 Å². The van der Waals surface area contributed by atoms with E-state index in [-0.39, 0.29) is 48.3 Å². The standard InChI is InChI=1S/C17H14O4.CH4.Na/c1-21-16-9-5-4-8-14(16)15(18)11-10-12-6-2-3-7-13(12)17(19)20;;/h2-11H,1H3,(H,19,20);1H4;/q;;+1/p-1/b11-10+;;. The molecule has 114 valence electrons. The van der Waals surface area contributed by atoms with Gasteiger partial charge in [0, 0.05) is 5.56 Å². The van der Waals surface area contributed by atoms with Crippen molar-refractivity contribution in [2.24, 2.45) is 0 Å². The summed E-state index contributed by atoms with van der Waals surface area (Å²) < 4.78 is 5.12. The van der Waals surface area contributed by atoms with Crippen molar-refractivity contribution >= 4 is 17.8 Å². The van der Waals surface area contributed by atoms with Crippen molar-refractivity contribution in [3.8, 4) is 5.75 Å². The Morgan fingerprint density at radius 2 is 1.57 bits per heavy atom. The van der Waals surface area contributed by atoms with Crippen molar-refractivity contribution in [1.29, 1.82) is 0 Å². The molecule has 0 N–H and O–H groups in total. The van der Waals surface area contributed by atoms with Gasteiger partial charge in [-0.2, -0.15) is 0 Å². The summed E-state index contributed by atoms with van der Waals surface area (Å²) in [6, 6.07) is 13.2. The number of ether oxygens (including phenoxy) is 1. The molecule has 5 heteroatoms. The predicted octanol–water partition coefficient (Wildman–Crippen LogP) is -0.405. The van der Waals surface area contributed by atoms with Crippen LogP contribution in [0.3, 0.4) is 0 Å². The maximum Gasteiger partial charge on any atom is 1.00 e. The fraction of sp³-hybridized carbons (Fsp3) is 0.111. The maximum atomic E-state index is 12.1. The molecule has 0 amide bonds. The normalized spacial score (nSPS) is 9.61. The van der Waals surface area contributed by atoms with Crippen molar-refractivity contribution in [3.63, 3.8) is 0 Å². The first-order valence-corrected chi connectivity index (χ1v) is 6.29. The molecule has 0 saturated carbocycles. The quantitative estimate of drug-likeness (QED) is 0.427. The number of methoxy groups -OCH3 is 1. The van der Waals surface area contributed by atoms with Crippen LogP contribution < -0.4 is 39.4 Å². The molecule has 0 radical (unpaired) electrons. The molecule has 0 bridgehead atoms. The van der Waals surface area contributed by atoms with Crippen molar-refractivity contribution in [1.82, 2.24) is 0 Å². The van der Waals surface area contributed by atoms with Gasteiger partial charge in [-0.25, -0.2) is 0 Å². The van der Waals surface area contributed by atoms with E-state index in [4.69, 9.17) is 4.74 Å². The average molecular weight is 320 g/mol. The molecule has 0 aliphatic rings. The van der Waals surface area contributed by atoms with Gasteiger partial charge in [0.2, 0.25) is 0 Å². The number of hydrogen-bond donors (Lipinski definition) is 0. The van der Waals surface area contributed by atoms with Gasteiger partial charge in [-0.1, -0.05) is 49.9 Å². The Hall–Kier alpha value is -1.88. The second-order valence-corrected chi connectivity index (χ2v) is 4.27. The van der Waals surface area contributed by atoms with E-state index >= 15 is 0 Å². The van der Waals surface area contributed by atoms with Gasteiger partial charge in [-0.3, -0.25) is 4.79 Å². The molecule has 0 aliphatic carbocycles. The van der Waals surface area contributed by atoms with E-state index in [9.17, 15) is 14.7 Å². The predicted molar refractivity (Wildman–Crippen MR) is 83.9 cm³/mol. The second kappa shape index (κ2) is 10.0. The number of ketones is 1. The van der Waals surface area contributed by atoms with Crippen LogP contribution in [0, 0.1) is 0 Å². The van der Waals surface area contributed by atoms with E-state index < -0.39 is 5.97 Å². The van der Waals surface area contributed by atoms with E-state index in [2.05, 4.69) is 0 Å². The summed E-state index contributed by atoms with van der Waals surface area (Å²) in [5, 5.41) is 11.0. The Balaban J connectivity index is 0.00000242. The van der Waals surface area contributed by atoms with Crippen LogP contribution in [0.1, 0.15) is 33.7 Å². The van der Waals surface area contributed by atoms with Crippen LogP contribution in [0.4, 0.5) is 0 Å². The van der Waals surface area contributed by atoms with E-state index in [0.29, 0.717) is 16.9 Å². The van der Waals surface area contributed by atoms with Crippen LogP contribution in [0.5, 0.6) is 5.75 Å². The largest absolute Gasteiger partial charge is 1.00 e. The van der Waals surface area contributed by atoms with Crippen molar-refractivity contribution < 1.29 is 49.0 Å². The summed E-state index contributed by atoms with van der Waals surface area (Å²) in [4.78, 5) is 23.1. The van der Waals surface area contributed by atoms with Crippen molar-refractivity contribution in [2.75, 3.05) is 7.11 Å². The minimum absolute atomic E-state index is 0. The third kappa shape index (κ3) is 5.36. The minimum Gasteiger partial charge on any atom is -0.545 e. The Morgan fingerprint density at radius 3 is 2.17 bits per heavy atom. The number of carboxylic acids is 1. The average Bonchev–Trinajstić information content (AvgIpc) is 2.52. The van der Waals surface area contributed by atoms with Crippen LogP contribution in [-0.4, -0.2) is 18.9 Å². The molecule has 2 rings (SSSR count). The number of carboxylic acid groups (broad SMARTS) is 1. The van der Waals surface area contributed by atoms with Gasteiger partial charge in [0.25, 0.3) is 0 Å². The number of benzene rings is 2. The van der Waals surface area contributed by atoms with Crippen LogP contribution in [-0.2, 0) is 0 Å². The monoisotopic (exact) mass is 320 g/mol. The molecule has 0 saturated heterocycles. The zero-order chi connectivity index (χ0) is 15.2. The molecule has 4 nitrogen and oxygen atoms in total. The summed E-state index contributed by atoms with van der Waals surface area (Å²) in [6.45, 7) is 0.